The number of hydrogen-bond donors (Lipinski definition) is 0. The van der Waals surface area contributed by atoms with Gasteiger partial charge in [0.05, 0.1) is 25.5 Å². The number of aryl methyl sites for hydroxylation is 1. The Hall–Kier alpha value is -0.940. The molecule has 1 aliphatic rings. The van der Waals surface area contributed by atoms with E-state index in [0.717, 1.165) is 49.1 Å². The molecular formula is C15H17ClN2OS. The fraction of sp³-hybridized carbons (Fsp3) is 0.400. The van der Waals surface area contributed by atoms with Crippen LogP contribution in [0.3, 0.4) is 0 Å². The molecule has 0 radical (unpaired) electrons. The number of morpholine rings is 1. The Labute approximate surface area is 128 Å². The molecule has 5 heteroatoms. The molecule has 1 fully saturated rings. The van der Waals surface area contributed by atoms with Crippen molar-refractivity contribution in [2.45, 2.75) is 13.5 Å². The quantitative estimate of drug-likeness (QED) is 0.866. The minimum atomic E-state index is 0.759. The lowest BCUT2D eigenvalue weighted by Crippen LogP contribution is -2.35. The molecule has 0 N–H and O–H groups in total. The molecule has 0 unspecified atom stereocenters. The first-order valence-corrected chi connectivity index (χ1v) is 7.94. The topological polar surface area (TPSA) is 25.4 Å². The Morgan fingerprint density at radius 3 is 2.65 bits per heavy atom. The van der Waals surface area contributed by atoms with Crippen molar-refractivity contribution in [3.05, 3.63) is 39.2 Å². The Morgan fingerprint density at radius 1 is 1.25 bits per heavy atom. The van der Waals surface area contributed by atoms with E-state index in [-0.39, 0.29) is 0 Å². The molecule has 0 atom stereocenters. The predicted molar refractivity (Wildman–Crippen MR) is 83.4 cm³/mol. The highest BCUT2D eigenvalue weighted by Gasteiger charge is 2.15. The predicted octanol–water partition coefficient (Wildman–Crippen LogP) is 3.60. The van der Waals surface area contributed by atoms with E-state index in [0.29, 0.717) is 0 Å². The molecule has 20 heavy (non-hydrogen) atoms. The van der Waals surface area contributed by atoms with E-state index in [1.165, 1.54) is 9.88 Å². The van der Waals surface area contributed by atoms with Crippen molar-refractivity contribution in [3.8, 4) is 11.3 Å². The van der Waals surface area contributed by atoms with Gasteiger partial charge in [-0.1, -0.05) is 23.7 Å². The van der Waals surface area contributed by atoms with E-state index in [1.807, 2.05) is 24.3 Å². The second-order valence-electron chi connectivity index (χ2n) is 4.91. The SMILES string of the molecule is Cc1sc(CN2CCOCC2)nc1-c1ccc(Cl)cc1. The lowest BCUT2D eigenvalue weighted by atomic mass is 10.1. The molecule has 1 aromatic carbocycles. The molecular weight excluding hydrogens is 292 g/mol. The summed E-state index contributed by atoms with van der Waals surface area (Å²) in [5, 5.41) is 1.93. The van der Waals surface area contributed by atoms with Gasteiger partial charge >= 0.3 is 0 Å². The summed E-state index contributed by atoms with van der Waals surface area (Å²) < 4.78 is 5.38. The number of benzene rings is 1. The molecule has 1 aliphatic heterocycles. The van der Waals surface area contributed by atoms with E-state index in [2.05, 4.69) is 11.8 Å². The van der Waals surface area contributed by atoms with E-state index in [4.69, 9.17) is 21.3 Å². The van der Waals surface area contributed by atoms with Gasteiger partial charge in [-0.25, -0.2) is 4.98 Å². The van der Waals surface area contributed by atoms with Gasteiger partial charge in [-0.05, 0) is 19.1 Å². The minimum absolute atomic E-state index is 0.759. The lowest BCUT2D eigenvalue weighted by molar-refractivity contribution is 0.0342. The van der Waals surface area contributed by atoms with Gasteiger partial charge in [0.25, 0.3) is 0 Å². The molecule has 0 bridgehead atoms. The standard InChI is InChI=1S/C15H17ClN2OS/c1-11-15(12-2-4-13(16)5-3-12)17-14(20-11)10-18-6-8-19-9-7-18/h2-5H,6-10H2,1H3. The molecule has 2 aromatic rings. The van der Waals surface area contributed by atoms with Crippen LogP contribution in [0.5, 0.6) is 0 Å². The Bertz CT molecular complexity index is 576. The molecule has 0 aliphatic carbocycles. The maximum atomic E-state index is 5.94. The molecule has 1 saturated heterocycles. The summed E-state index contributed by atoms with van der Waals surface area (Å²) in [4.78, 5) is 8.45. The zero-order valence-electron chi connectivity index (χ0n) is 11.4. The number of thiazole rings is 1. The molecule has 106 valence electrons. The average Bonchev–Trinajstić information content (AvgIpc) is 2.81. The normalized spacial score (nSPS) is 16.5. The second kappa shape index (κ2) is 6.22. The third-order valence-electron chi connectivity index (χ3n) is 3.42. The minimum Gasteiger partial charge on any atom is -0.379 e. The maximum absolute atomic E-state index is 5.94. The van der Waals surface area contributed by atoms with Crippen LogP contribution in [0.2, 0.25) is 5.02 Å². The molecule has 2 heterocycles. The highest BCUT2D eigenvalue weighted by atomic mass is 35.5. The lowest BCUT2D eigenvalue weighted by Gasteiger charge is -2.25. The largest absolute Gasteiger partial charge is 0.379 e. The number of ether oxygens (including phenoxy) is 1. The van der Waals surface area contributed by atoms with E-state index < -0.39 is 0 Å². The Morgan fingerprint density at radius 2 is 1.95 bits per heavy atom. The van der Waals surface area contributed by atoms with E-state index >= 15 is 0 Å². The van der Waals surface area contributed by atoms with Crippen LogP contribution in [0.1, 0.15) is 9.88 Å². The van der Waals surface area contributed by atoms with Crippen LogP contribution in [0.4, 0.5) is 0 Å². The van der Waals surface area contributed by atoms with E-state index in [9.17, 15) is 0 Å². The van der Waals surface area contributed by atoms with E-state index in [1.54, 1.807) is 11.3 Å². The monoisotopic (exact) mass is 308 g/mol. The molecule has 0 amide bonds. The summed E-state index contributed by atoms with van der Waals surface area (Å²) in [7, 11) is 0. The van der Waals surface area contributed by atoms with Crippen molar-refractivity contribution in [1.82, 2.24) is 9.88 Å². The van der Waals surface area contributed by atoms with Crippen molar-refractivity contribution in [2.75, 3.05) is 26.3 Å². The van der Waals surface area contributed by atoms with Crippen molar-refractivity contribution < 1.29 is 4.74 Å². The first-order valence-electron chi connectivity index (χ1n) is 6.75. The number of halogens is 1. The highest BCUT2D eigenvalue weighted by molar-refractivity contribution is 7.12. The fourth-order valence-corrected chi connectivity index (χ4v) is 3.47. The second-order valence-corrected chi connectivity index (χ2v) is 6.63. The highest BCUT2D eigenvalue weighted by Crippen LogP contribution is 2.29. The Kier molecular flexibility index (Phi) is 4.36. The van der Waals surface area contributed by atoms with Gasteiger partial charge in [0.2, 0.25) is 0 Å². The third kappa shape index (κ3) is 3.20. The third-order valence-corrected chi connectivity index (χ3v) is 4.63. The van der Waals surface area contributed by atoms with Crippen LogP contribution in [-0.4, -0.2) is 36.2 Å². The van der Waals surface area contributed by atoms with Crippen LogP contribution in [0, 0.1) is 6.92 Å². The van der Waals surface area contributed by atoms with Gasteiger partial charge in [0, 0.05) is 28.6 Å². The van der Waals surface area contributed by atoms with Crippen molar-refractivity contribution in [1.29, 1.82) is 0 Å². The number of hydrogen-bond acceptors (Lipinski definition) is 4. The molecule has 1 aromatic heterocycles. The van der Waals surface area contributed by atoms with Crippen molar-refractivity contribution >= 4 is 22.9 Å². The van der Waals surface area contributed by atoms with Gasteiger partial charge in [-0.3, -0.25) is 4.90 Å². The van der Waals surface area contributed by atoms with Gasteiger partial charge in [0.15, 0.2) is 0 Å². The van der Waals surface area contributed by atoms with Gasteiger partial charge in [0.1, 0.15) is 5.01 Å². The Balaban J connectivity index is 1.78. The zero-order chi connectivity index (χ0) is 13.9. The number of rotatable bonds is 3. The van der Waals surface area contributed by atoms with Crippen LogP contribution in [0.15, 0.2) is 24.3 Å². The zero-order valence-corrected chi connectivity index (χ0v) is 13.0. The smallest absolute Gasteiger partial charge is 0.108 e. The van der Waals surface area contributed by atoms with Gasteiger partial charge < -0.3 is 4.74 Å². The molecule has 3 rings (SSSR count). The first kappa shape index (κ1) is 14.0. The van der Waals surface area contributed by atoms with Crippen LogP contribution in [-0.2, 0) is 11.3 Å². The maximum Gasteiger partial charge on any atom is 0.108 e. The summed E-state index contributed by atoms with van der Waals surface area (Å²) in [6.07, 6.45) is 0. The summed E-state index contributed by atoms with van der Waals surface area (Å²) in [5.74, 6) is 0. The summed E-state index contributed by atoms with van der Waals surface area (Å²) >= 11 is 7.72. The van der Waals surface area contributed by atoms with Crippen LogP contribution < -0.4 is 0 Å². The van der Waals surface area contributed by atoms with Crippen molar-refractivity contribution in [3.63, 3.8) is 0 Å². The fourth-order valence-electron chi connectivity index (χ4n) is 2.35. The summed E-state index contributed by atoms with van der Waals surface area (Å²) in [6.45, 7) is 6.69. The van der Waals surface area contributed by atoms with Gasteiger partial charge in [-0.2, -0.15) is 0 Å². The first-order chi connectivity index (χ1) is 9.72. The van der Waals surface area contributed by atoms with Gasteiger partial charge in [-0.15, -0.1) is 11.3 Å². The van der Waals surface area contributed by atoms with Crippen molar-refractivity contribution in [2.24, 2.45) is 0 Å². The van der Waals surface area contributed by atoms with Crippen LogP contribution in [0.25, 0.3) is 11.3 Å². The molecule has 3 nitrogen and oxygen atoms in total. The molecule has 0 spiro atoms. The number of nitrogens with zero attached hydrogens (tertiary/aromatic N) is 2. The summed E-state index contributed by atoms with van der Waals surface area (Å²) in [5.41, 5.74) is 2.21. The summed E-state index contributed by atoms with van der Waals surface area (Å²) in [6, 6.07) is 7.89. The number of aromatic nitrogens is 1. The molecule has 0 saturated carbocycles. The average molecular weight is 309 g/mol. The van der Waals surface area contributed by atoms with Crippen LogP contribution >= 0.6 is 22.9 Å².